The van der Waals surface area contributed by atoms with Crippen LogP contribution in [0.4, 0.5) is 26.8 Å². The van der Waals surface area contributed by atoms with E-state index in [9.17, 15) is 14.7 Å². The Morgan fingerprint density at radius 1 is 1.16 bits per heavy atom. The maximum absolute atomic E-state index is 12.3. The molecule has 8 nitrogen and oxygen atoms in total. The Morgan fingerprint density at radius 2 is 1.95 bits per heavy atom. The van der Waals surface area contributed by atoms with Crippen LogP contribution in [0.2, 0.25) is 5.02 Å². The van der Waals surface area contributed by atoms with Gasteiger partial charge >= 0.3 is 12.1 Å². The summed E-state index contributed by atoms with van der Waals surface area (Å²) in [6.45, 7) is 0.500. The van der Waals surface area contributed by atoms with Crippen molar-refractivity contribution in [1.82, 2.24) is 9.88 Å². The van der Waals surface area contributed by atoms with Gasteiger partial charge in [0.05, 0.1) is 16.3 Å². The molecule has 1 aliphatic rings. The van der Waals surface area contributed by atoms with Crippen LogP contribution in [-0.4, -0.2) is 39.7 Å². The topological polar surface area (TPSA) is 121 Å². The van der Waals surface area contributed by atoms with E-state index in [0.717, 1.165) is 34.1 Å². The number of aromatic nitrogens is 1. The van der Waals surface area contributed by atoms with E-state index in [4.69, 9.17) is 17.3 Å². The lowest BCUT2D eigenvalue weighted by atomic mass is 10.0. The average molecular weight is 532 g/mol. The molecule has 0 spiro atoms. The average Bonchev–Trinajstić information content (AvgIpc) is 3.52. The minimum absolute atomic E-state index is 0.319. The molecule has 0 unspecified atom stereocenters. The SMILES string of the molecule is Nc1ncc(C#C[C@@H]2CCCN2C(=O)O)c2scc(-c3ccc(NC(=O)Nc4cccc(Cl)c4)cc3)c12. The van der Waals surface area contributed by atoms with Crippen LogP contribution in [-0.2, 0) is 0 Å². The van der Waals surface area contributed by atoms with Crippen LogP contribution in [0.1, 0.15) is 18.4 Å². The number of thiophene rings is 1. The number of carbonyl (C=O) groups excluding carboxylic acids is 1. The zero-order valence-corrected chi connectivity index (χ0v) is 21.1. The molecule has 1 fully saturated rings. The summed E-state index contributed by atoms with van der Waals surface area (Å²) in [5.41, 5.74) is 10.0. The van der Waals surface area contributed by atoms with E-state index in [1.807, 2.05) is 29.6 Å². The third kappa shape index (κ3) is 5.31. The van der Waals surface area contributed by atoms with Crippen molar-refractivity contribution in [1.29, 1.82) is 0 Å². The second kappa shape index (κ2) is 10.4. The number of amides is 3. The minimum Gasteiger partial charge on any atom is -0.465 e. The molecular formula is C27H22ClN5O3S. The second-order valence-electron chi connectivity index (χ2n) is 8.48. The van der Waals surface area contributed by atoms with E-state index in [2.05, 4.69) is 27.5 Å². The second-order valence-corrected chi connectivity index (χ2v) is 9.80. The summed E-state index contributed by atoms with van der Waals surface area (Å²) in [6, 6.07) is 13.6. The smallest absolute Gasteiger partial charge is 0.408 e. The number of carboxylic acid groups (broad SMARTS) is 1. The van der Waals surface area contributed by atoms with Crippen molar-refractivity contribution >= 4 is 62.3 Å². The molecule has 5 rings (SSSR count). The van der Waals surface area contributed by atoms with Crippen LogP contribution in [0.5, 0.6) is 0 Å². The number of nitrogens with zero attached hydrogens (tertiary/aromatic N) is 2. The molecule has 3 amide bonds. The van der Waals surface area contributed by atoms with Gasteiger partial charge in [0, 0.05) is 40.1 Å². The highest BCUT2D eigenvalue weighted by Crippen LogP contribution is 2.38. The van der Waals surface area contributed by atoms with Crippen molar-refractivity contribution in [2.45, 2.75) is 18.9 Å². The van der Waals surface area contributed by atoms with E-state index in [0.29, 0.717) is 34.3 Å². The van der Waals surface area contributed by atoms with Crippen molar-refractivity contribution in [3.63, 3.8) is 0 Å². The quantitative estimate of drug-likeness (QED) is 0.230. The summed E-state index contributed by atoms with van der Waals surface area (Å²) in [6.07, 6.45) is 2.21. The number of nitrogens with two attached hydrogens (primary N) is 1. The number of nitrogens with one attached hydrogen (secondary N) is 2. The Balaban J connectivity index is 1.36. The number of hydrogen-bond donors (Lipinski definition) is 4. The molecule has 186 valence electrons. The molecule has 5 N–H and O–H groups in total. The van der Waals surface area contributed by atoms with Crippen LogP contribution in [0.3, 0.4) is 0 Å². The molecule has 3 heterocycles. The van der Waals surface area contributed by atoms with E-state index >= 15 is 0 Å². The number of likely N-dealkylation sites (tertiary alicyclic amines) is 1. The lowest BCUT2D eigenvalue weighted by molar-refractivity contribution is 0.148. The molecular weight excluding hydrogens is 510 g/mol. The molecule has 1 atom stereocenters. The lowest BCUT2D eigenvalue weighted by Crippen LogP contribution is -2.33. The van der Waals surface area contributed by atoms with Gasteiger partial charge in [-0.05, 0) is 54.1 Å². The van der Waals surface area contributed by atoms with Crippen molar-refractivity contribution in [3.05, 3.63) is 70.7 Å². The Bertz CT molecular complexity index is 1560. The molecule has 2 aromatic heterocycles. The van der Waals surface area contributed by atoms with E-state index in [1.165, 1.54) is 16.2 Å². The zero-order valence-electron chi connectivity index (χ0n) is 19.5. The van der Waals surface area contributed by atoms with Crippen molar-refractivity contribution in [2.75, 3.05) is 22.9 Å². The summed E-state index contributed by atoms with van der Waals surface area (Å²) in [5.74, 6) is 6.63. The Kier molecular flexibility index (Phi) is 6.86. The maximum Gasteiger partial charge on any atom is 0.408 e. The molecule has 0 bridgehead atoms. The van der Waals surface area contributed by atoms with Gasteiger partial charge in [-0.15, -0.1) is 11.3 Å². The van der Waals surface area contributed by atoms with Crippen molar-refractivity contribution < 1.29 is 14.7 Å². The summed E-state index contributed by atoms with van der Waals surface area (Å²) in [7, 11) is 0. The van der Waals surface area contributed by atoms with Gasteiger partial charge in [0.25, 0.3) is 0 Å². The highest BCUT2D eigenvalue weighted by Gasteiger charge is 2.26. The Morgan fingerprint density at radius 3 is 2.70 bits per heavy atom. The predicted octanol–water partition coefficient (Wildman–Crippen LogP) is 6.34. The maximum atomic E-state index is 12.3. The standard InChI is InChI=1S/C27H22ClN5O3S/c28-18-3-1-4-20(13-18)32-26(34)31-19-9-6-16(7-10-19)22-15-37-24-17(14-30-25(29)23(22)24)8-11-21-5-2-12-33(21)27(35)36/h1,3-4,6-7,9-10,13-15,21H,2,5,12H2,(H2,29,30)(H,35,36)(H2,31,32,34)/t21-/m0/s1. The molecule has 1 aliphatic heterocycles. The summed E-state index contributed by atoms with van der Waals surface area (Å²) >= 11 is 7.48. The van der Waals surface area contributed by atoms with E-state index in [1.54, 1.807) is 30.5 Å². The molecule has 0 radical (unpaired) electrons. The molecule has 1 saturated heterocycles. The number of urea groups is 1. The third-order valence-corrected chi connectivity index (χ3v) is 7.28. The lowest BCUT2D eigenvalue weighted by Gasteiger charge is -2.15. The molecule has 0 saturated carbocycles. The van der Waals surface area contributed by atoms with Crippen molar-refractivity contribution in [3.8, 4) is 23.0 Å². The fraction of sp³-hybridized carbons (Fsp3) is 0.148. The largest absolute Gasteiger partial charge is 0.465 e. The van der Waals surface area contributed by atoms with E-state index < -0.39 is 6.09 Å². The molecule has 4 aromatic rings. The zero-order chi connectivity index (χ0) is 25.9. The molecule has 10 heteroatoms. The first-order valence-corrected chi connectivity index (χ1v) is 12.8. The Hall–Kier alpha value is -4.26. The fourth-order valence-corrected chi connectivity index (χ4v) is 5.51. The van der Waals surface area contributed by atoms with Gasteiger partial charge in [-0.25, -0.2) is 14.6 Å². The monoisotopic (exact) mass is 531 g/mol. The first kappa shape index (κ1) is 24.4. The van der Waals surface area contributed by atoms with Crippen LogP contribution < -0.4 is 16.4 Å². The number of halogens is 1. The third-order valence-electron chi connectivity index (χ3n) is 6.03. The summed E-state index contributed by atoms with van der Waals surface area (Å²) in [4.78, 5) is 29.5. The highest BCUT2D eigenvalue weighted by atomic mass is 35.5. The minimum atomic E-state index is -0.948. The Labute approximate surface area is 222 Å². The van der Waals surface area contributed by atoms with Gasteiger partial charge in [-0.1, -0.05) is 41.6 Å². The number of rotatable bonds is 3. The summed E-state index contributed by atoms with van der Waals surface area (Å²) in [5, 5.41) is 18.3. The van der Waals surface area contributed by atoms with Crippen LogP contribution in [0.15, 0.2) is 60.1 Å². The van der Waals surface area contributed by atoms with Crippen LogP contribution >= 0.6 is 22.9 Å². The van der Waals surface area contributed by atoms with Crippen LogP contribution in [0, 0.1) is 11.8 Å². The number of anilines is 3. The molecule has 37 heavy (non-hydrogen) atoms. The van der Waals surface area contributed by atoms with Crippen LogP contribution in [0.25, 0.3) is 21.2 Å². The number of fused-ring (bicyclic) bond motifs is 1. The molecule has 0 aliphatic carbocycles. The van der Waals surface area contributed by atoms with Gasteiger partial charge in [0.15, 0.2) is 0 Å². The number of benzene rings is 2. The first-order valence-electron chi connectivity index (χ1n) is 11.5. The van der Waals surface area contributed by atoms with Gasteiger partial charge in [-0.3, -0.25) is 4.90 Å². The normalized spacial score (nSPS) is 14.7. The number of nitrogen functional groups attached to an aromatic ring is 1. The number of carbonyl (C=O) groups is 2. The van der Waals surface area contributed by atoms with Gasteiger partial charge in [0.1, 0.15) is 5.82 Å². The number of pyridine rings is 1. The van der Waals surface area contributed by atoms with Gasteiger partial charge in [-0.2, -0.15) is 0 Å². The van der Waals surface area contributed by atoms with Gasteiger partial charge in [0.2, 0.25) is 0 Å². The van der Waals surface area contributed by atoms with Crippen molar-refractivity contribution in [2.24, 2.45) is 0 Å². The fourth-order valence-electron chi connectivity index (χ4n) is 4.27. The van der Waals surface area contributed by atoms with E-state index in [-0.39, 0.29) is 12.1 Å². The molecule has 2 aromatic carbocycles. The number of hydrogen-bond acceptors (Lipinski definition) is 5. The van der Waals surface area contributed by atoms with Gasteiger partial charge < -0.3 is 21.5 Å². The summed E-state index contributed by atoms with van der Waals surface area (Å²) < 4.78 is 0.901. The predicted molar refractivity (Wildman–Crippen MR) is 148 cm³/mol. The first-order chi connectivity index (χ1) is 17.9. The highest BCUT2D eigenvalue weighted by molar-refractivity contribution is 7.18.